The Balaban J connectivity index is 0.00000400. The molecule has 0 aliphatic rings. The van der Waals surface area contributed by atoms with Crippen LogP contribution in [0.2, 0.25) is 0 Å². The molecule has 0 aromatic heterocycles. The van der Waals surface area contributed by atoms with Crippen molar-refractivity contribution >= 4 is 29.9 Å². The van der Waals surface area contributed by atoms with Crippen LogP contribution in [0.1, 0.15) is 13.8 Å². The molecule has 0 heterocycles. The molecule has 4 N–H and O–H groups in total. The maximum atomic E-state index is 13.3. The molecule has 1 rings (SSSR count). The van der Waals surface area contributed by atoms with Crippen molar-refractivity contribution in [3.63, 3.8) is 0 Å². The van der Waals surface area contributed by atoms with Gasteiger partial charge in [-0.2, -0.15) is 0 Å². The summed E-state index contributed by atoms with van der Waals surface area (Å²) in [6, 6.07) is 2.06. The number of rotatable bonds is 5. The Hall–Kier alpha value is -1.73. The molecule has 0 spiro atoms. The summed E-state index contributed by atoms with van der Waals surface area (Å²) in [7, 11) is 0. The Morgan fingerprint density at radius 2 is 1.90 bits per heavy atom. The first-order chi connectivity index (χ1) is 9.31. The summed E-state index contributed by atoms with van der Waals surface area (Å²) in [6.45, 7) is 3.21. The average Bonchev–Trinajstić information content (AvgIpc) is 2.38. The van der Waals surface area contributed by atoms with E-state index < -0.39 is 29.5 Å². The fourth-order valence-corrected chi connectivity index (χ4v) is 1.37. The van der Waals surface area contributed by atoms with Crippen molar-refractivity contribution in [1.29, 1.82) is 0 Å². The fraction of sp³-hybridized carbons (Fsp3) is 0.385. The second-order valence-corrected chi connectivity index (χ2v) is 4.66. The third-order valence-electron chi connectivity index (χ3n) is 2.65. The second-order valence-electron chi connectivity index (χ2n) is 4.66. The van der Waals surface area contributed by atoms with E-state index in [1.54, 1.807) is 13.8 Å². The van der Waals surface area contributed by atoms with Crippen molar-refractivity contribution in [1.82, 2.24) is 5.32 Å². The maximum absolute atomic E-state index is 13.3. The number of carbonyl (C=O) groups is 2. The van der Waals surface area contributed by atoms with E-state index in [-0.39, 0.29) is 30.6 Å². The summed E-state index contributed by atoms with van der Waals surface area (Å²) in [5.41, 5.74) is 5.44. The first kappa shape index (κ1) is 19.3. The van der Waals surface area contributed by atoms with Gasteiger partial charge in [-0.3, -0.25) is 9.59 Å². The van der Waals surface area contributed by atoms with Crippen LogP contribution in [0.4, 0.5) is 14.5 Å². The van der Waals surface area contributed by atoms with E-state index in [0.29, 0.717) is 6.07 Å². The van der Waals surface area contributed by atoms with E-state index in [1.165, 1.54) is 0 Å². The van der Waals surface area contributed by atoms with Gasteiger partial charge in [-0.15, -0.1) is 12.4 Å². The van der Waals surface area contributed by atoms with Crippen molar-refractivity contribution in [2.24, 2.45) is 11.7 Å². The molecular formula is C13H18ClF2N3O2. The zero-order chi connectivity index (χ0) is 15.3. The van der Waals surface area contributed by atoms with Crippen LogP contribution in [-0.2, 0) is 9.59 Å². The summed E-state index contributed by atoms with van der Waals surface area (Å²) in [4.78, 5) is 23.0. The topological polar surface area (TPSA) is 84.2 Å². The zero-order valence-corrected chi connectivity index (χ0v) is 12.5. The van der Waals surface area contributed by atoms with Crippen LogP contribution in [-0.4, -0.2) is 24.4 Å². The summed E-state index contributed by atoms with van der Waals surface area (Å²) in [5.74, 6) is -2.78. The molecule has 0 aliphatic carbocycles. The normalized spacial score (nSPS) is 11.5. The van der Waals surface area contributed by atoms with Crippen LogP contribution < -0.4 is 16.4 Å². The molecular weight excluding hydrogens is 304 g/mol. The molecule has 0 saturated heterocycles. The average molecular weight is 322 g/mol. The highest BCUT2D eigenvalue weighted by molar-refractivity contribution is 5.95. The number of amides is 2. The molecule has 21 heavy (non-hydrogen) atoms. The lowest BCUT2D eigenvalue weighted by Gasteiger charge is -2.15. The number of carbonyl (C=O) groups excluding carboxylic acids is 2. The van der Waals surface area contributed by atoms with Crippen LogP contribution in [0.5, 0.6) is 0 Å². The van der Waals surface area contributed by atoms with Crippen molar-refractivity contribution in [2.45, 2.75) is 19.9 Å². The van der Waals surface area contributed by atoms with Crippen LogP contribution in [0.3, 0.4) is 0 Å². The van der Waals surface area contributed by atoms with E-state index in [2.05, 4.69) is 10.6 Å². The maximum Gasteiger partial charge on any atom is 0.243 e. The second kappa shape index (κ2) is 8.53. The molecule has 0 fully saturated rings. The highest BCUT2D eigenvalue weighted by atomic mass is 35.5. The minimum atomic E-state index is -0.886. The quantitative estimate of drug-likeness (QED) is 0.767. The minimum Gasteiger partial charge on any atom is -0.346 e. The van der Waals surface area contributed by atoms with Gasteiger partial charge in [-0.1, -0.05) is 13.8 Å². The van der Waals surface area contributed by atoms with Crippen molar-refractivity contribution < 1.29 is 18.4 Å². The zero-order valence-electron chi connectivity index (χ0n) is 11.7. The highest BCUT2D eigenvalue weighted by Crippen LogP contribution is 2.14. The number of hydrogen-bond acceptors (Lipinski definition) is 3. The molecule has 1 atom stereocenters. The number of benzene rings is 1. The molecule has 1 aromatic carbocycles. The lowest BCUT2D eigenvalue weighted by atomic mass is 10.1. The largest absolute Gasteiger partial charge is 0.346 e. The Morgan fingerprint density at radius 3 is 2.43 bits per heavy atom. The van der Waals surface area contributed by atoms with Crippen LogP contribution in [0.15, 0.2) is 18.2 Å². The first-order valence-electron chi connectivity index (χ1n) is 6.09. The van der Waals surface area contributed by atoms with Gasteiger partial charge < -0.3 is 16.4 Å². The first-order valence-corrected chi connectivity index (χ1v) is 6.09. The number of anilines is 1. The Bertz CT molecular complexity index is 512. The Kier molecular flexibility index (Phi) is 7.83. The van der Waals surface area contributed by atoms with Crippen LogP contribution in [0, 0.1) is 17.6 Å². The van der Waals surface area contributed by atoms with Crippen molar-refractivity contribution in [3.05, 3.63) is 29.8 Å². The molecule has 0 radical (unpaired) electrons. The van der Waals surface area contributed by atoms with E-state index in [4.69, 9.17) is 5.73 Å². The molecule has 0 unspecified atom stereocenters. The van der Waals surface area contributed by atoms with Gasteiger partial charge in [0.1, 0.15) is 11.6 Å². The summed E-state index contributed by atoms with van der Waals surface area (Å²) < 4.78 is 26.0. The smallest absolute Gasteiger partial charge is 0.243 e. The standard InChI is InChI=1S/C13H17F2N3O2.ClH/c1-7(2)12(16)13(20)17-6-11(19)18-10-4-3-8(14)5-9(10)15;/h3-5,7,12H,6,16H2,1-2H3,(H,17,20)(H,18,19);1H/t12-;/m0./s1. The predicted octanol–water partition coefficient (Wildman–Crippen LogP) is 1.42. The molecule has 118 valence electrons. The van der Waals surface area contributed by atoms with Gasteiger partial charge in [0.05, 0.1) is 18.3 Å². The van der Waals surface area contributed by atoms with Gasteiger partial charge in [0.15, 0.2) is 0 Å². The van der Waals surface area contributed by atoms with Gasteiger partial charge in [-0.05, 0) is 18.1 Å². The van der Waals surface area contributed by atoms with E-state index >= 15 is 0 Å². The Morgan fingerprint density at radius 1 is 1.29 bits per heavy atom. The van der Waals surface area contributed by atoms with Gasteiger partial charge in [0.2, 0.25) is 11.8 Å². The van der Waals surface area contributed by atoms with Gasteiger partial charge in [0, 0.05) is 6.07 Å². The number of nitrogens with one attached hydrogen (secondary N) is 2. The molecule has 0 aliphatic heterocycles. The van der Waals surface area contributed by atoms with E-state index in [1.807, 2.05) is 0 Å². The molecule has 8 heteroatoms. The summed E-state index contributed by atoms with van der Waals surface area (Å²) in [5, 5.41) is 4.57. The molecule has 1 aromatic rings. The lowest BCUT2D eigenvalue weighted by molar-refractivity contribution is -0.125. The van der Waals surface area contributed by atoms with E-state index in [0.717, 1.165) is 12.1 Å². The predicted molar refractivity (Wildman–Crippen MR) is 78.1 cm³/mol. The monoisotopic (exact) mass is 321 g/mol. The highest BCUT2D eigenvalue weighted by Gasteiger charge is 2.17. The third-order valence-corrected chi connectivity index (χ3v) is 2.65. The molecule has 2 amide bonds. The number of halogens is 3. The minimum absolute atomic E-state index is 0. The summed E-state index contributed by atoms with van der Waals surface area (Å²) in [6.07, 6.45) is 0. The SMILES string of the molecule is CC(C)[C@H](N)C(=O)NCC(=O)Nc1ccc(F)cc1F.Cl. The van der Waals surface area contributed by atoms with Gasteiger partial charge in [0.25, 0.3) is 0 Å². The lowest BCUT2D eigenvalue weighted by Crippen LogP contribution is -2.46. The van der Waals surface area contributed by atoms with Crippen molar-refractivity contribution in [2.75, 3.05) is 11.9 Å². The van der Waals surface area contributed by atoms with E-state index in [9.17, 15) is 18.4 Å². The summed E-state index contributed by atoms with van der Waals surface area (Å²) >= 11 is 0. The van der Waals surface area contributed by atoms with Gasteiger partial charge in [-0.25, -0.2) is 8.78 Å². The number of hydrogen-bond donors (Lipinski definition) is 3. The third kappa shape index (κ3) is 6.05. The van der Waals surface area contributed by atoms with Crippen molar-refractivity contribution in [3.8, 4) is 0 Å². The molecule has 5 nitrogen and oxygen atoms in total. The molecule has 0 bridgehead atoms. The van der Waals surface area contributed by atoms with Crippen LogP contribution in [0.25, 0.3) is 0 Å². The Labute approximate surface area is 127 Å². The van der Waals surface area contributed by atoms with Crippen LogP contribution >= 0.6 is 12.4 Å². The molecule has 0 saturated carbocycles. The fourth-order valence-electron chi connectivity index (χ4n) is 1.37. The number of nitrogens with two attached hydrogens (primary N) is 1. The van der Waals surface area contributed by atoms with Gasteiger partial charge >= 0.3 is 0 Å².